The Morgan fingerprint density at radius 3 is 3.36 bits per heavy atom. The first-order valence-corrected chi connectivity index (χ1v) is 5.10. The Hall–Kier alpha value is -0.640. The molecule has 0 aromatic rings. The fraction of sp³-hybridized carbons (Fsp3) is 0.636. The molecular formula is C11H14O3. The molecule has 2 bridgehead atoms. The highest BCUT2D eigenvalue weighted by Gasteiger charge is 2.49. The van der Waals surface area contributed by atoms with E-state index in [9.17, 15) is 0 Å². The normalized spacial score (nSPS) is 44.8. The fourth-order valence-electron chi connectivity index (χ4n) is 2.64. The lowest BCUT2D eigenvalue weighted by Crippen LogP contribution is -2.36. The lowest BCUT2D eigenvalue weighted by atomic mass is 9.92. The highest BCUT2D eigenvalue weighted by Crippen LogP contribution is 2.46. The summed E-state index contributed by atoms with van der Waals surface area (Å²) in [5.74, 6) is 0. The maximum atomic E-state index is 5.53. The van der Waals surface area contributed by atoms with Gasteiger partial charge in [-0.05, 0) is 24.5 Å². The summed E-state index contributed by atoms with van der Waals surface area (Å²) in [4.78, 5) is 10.8. The topological polar surface area (TPSA) is 27.7 Å². The van der Waals surface area contributed by atoms with Gasteiger partial charge in [0.25, 0.3) is 0 Å². The van der Waals surface area contributed by atoms with E-state index in [4.69, 9.17) is 14.5 Å². The Labute approximate surface area is 83.3 Å². The van der Waals surface area contributed by atoms with E-state index in [1.54, 1.807) is 7.11 Å². The zero-order chi connectivity index (χ0) is 9.60. The highest BCUT2D eigenvalue weighted by atomic mass is 17.2. The third-order valence-corrected chi connectivity index (χ3v) is 3.40. The number of fused-ring (bicyclic) bond motifs is 2. The molecule has 2 aliphatic heterocycles. The molecule has 0 aromatic heterocycles. The molecular weight excluding hydrogens is 180 g/mol. The van der Waals surface area contributed by atoms with Crippen LogP contribution < -0.4 is 0 Å². The molecule has 4 rings (SSSR count). The number of hydrogen-bond acceptors (Lipinski definition) is 3. The van der Waals surface area contributed by atoms with E-state index in [-0.39, 0.29) is 17.8 Å². The van der Waals surface area contributed by atoms with Crippen molar-refractivity contribution >= 4 is 0 Å². The molecule has 76 valence electrons. The second kappa shape index (κ2) is 2.92. The van der Waals surface area contributed by atoms with E-state index in [0.717, 1.165) is 19.3 Å². The second-order valence-electron chi connectivity index (χ2n) is 4.16. The third-order valence-electron chi connectivity index (χ3n) is 3.40. The summed E-state index contributed by atoms with van der Waals surface area (Å²) in [5.41, 5.74) is 1.06. The third kappa shape index (κ3) is 1.03. The summed E-state index contributed by atoms with van der Waals surface area (Å²) in [6.45, 7) is 0. The van der Waals surface area contributed by atoms with Gasteiger partial charge in [-0.2, -0.15) is 0 Å². The standard InChI is InChI=1S/C11H14O3/c1-12-10-4-6-11-5-2-3-8(13-14-11)7-9(10)11/h2-3,7-8,10H,4-6H2,1H3/t8-,10-,11-/m0/s1. The van der Waals surface area contributed by atoms with Gasteiger partial charge in [0.2, 0.25) is 0 Å². The molecule has 2 heterocycles. The first-order chi connectivity index (χ1) is 6.84. The lowest BCUT2D eigenvalue weighted by Gasteiger charge is -2.32. The van der Waals surface area contributed by atoms with Gasteiger partial charge in [-0.25, -0.2) is 9.78 Å². The summed E-state index contributed by atoms with van der Waals surface area (Å²) < 4.78 is 5.45. The molecule has 3 nitrogen and oxygen atoms in total. The average Bonchev–Trinajstić information content (AvgIpc) is 2.37. The van der Waals surface area contributed by atoms with Gasteiger partial charge in [-0.1, -0.05) is 12.2 Å². The van der Waals surface area contributed by atoms with Gasteiger partial charge in [0.1, 0.15) is 11.7 Å². The minimum Gasteiger partial charge on any atom is -0.377 e. The van der Waals surface area contributed by atoms with Crippen LogP contribution in [0.1, 0.15) is 19.3 Å². The van der Waals surface area contributed by atoms with Crippen LogP contribution in [-0.2, 0) is 14.5 Å². The van der Waals surface area contributed by atoms with Crippen LogP contribution in [0.2, 0.25) is 0 Å². The van der Waals surface area contributed by atoms with E-state index in [2.05, 4.69) is 12.2 Å². The van der Waals surface area contributed by atoms with E-state index >= 15 is 0 Å². The smallest absolute Gasteiger partial charge is 0.131 e. The van der Waals surface area contributed by atoms with Gasteiger partial charge in [-0.15, -0.1) is 0 Å². The molecule has 3 heteroatoms. The fourth-order valence-corrected chi connectivity index (χ4v) is 2.64. The number of rotatable bonds is 1. The van der Waals surface area contributed by atoms with Gasteiger partial charge in [0.15, 0.2) is 0 Å². The minimum atomic E-state index is -0.218. The van der Waals surface area contributed by atoms with Crippen molar-refractivity contribution in [1.82, 2.24) is 0 Å². The Morgan fingerprint density at radius 1 is 1.57 bits per heavy atom. The average molecular weight is 194 g/mol. The molecule has 0 unspecified atom stereocenters. The maximum Gasteiger partial charge on any atom is 0.131 e. The van der Waals surface area contributed by atoms with Gasteiger partial charge < -0.3 is 4.74 Å². The zero-order valence-corrected chi connectivity index (χ0v) is 8.23. The summed E-state index contributed by atoms with van der Waals surface area (Å²) in [7, 11) is 1.76. The van der Waals surface area contributed by atoms with Crippen LogP contribution in [0.3, 0.4) is 0 Å². The van der Waals surface area contributed by atoms with Crippen molar-refractivity contribution in [3.8, 4) is 0 Å². The van der Waals surface area contributed by atoms with E-state index in [1.165, 1.54) is 5.57 Å². The molecule has 14 heavy (non-hydrogen) atoms. The minimum absolute atomic E-state index is 0.0172. The van der Waals surface area contributed by atoms with Crippen LogP contribution >= 0.6 is 0 Å². The molecule has 1 spiro atoms. The quantitative estimate of drug-likeness (QED) is 0.470. The summed E-state index contributed by atoms with van der Waals surface area (Å²) in [5, 5.41) is 0. The Balaban J connectivity index is 2.03. The van der Waals surface area contributed by atoms with E-state index < -0.39 is 0 Å². The van der Waals surface area contributed by atoms with Crippen LogP contribution in [0.5, 0.6) is 0 Å². The van der Waals surface area contributed by atoms with Gasteiger partial charge in [-0.3, -0.25) is 0 Å². The largest absolute Gasteiger partial charge is 0.377 e. The number of methoxy groups -OCH3 is 1. The molecule has 2 aliphatic carbocycles. The molecule has 3 atom stereocenters. The highest BCUT2D eigenvalue weighted by molar-refractivity contribution is 5.34. The van der Waals surface area contributed by atoms with Crippen LogP contribution in [0.4, 0.5) is 0 Å². The molecule has 0 saturated heterocycles. The summed E-state index contributed by atoms with van der Waals surface area (Å²) in [6, 6.07) is 0. The van der Waals surface area contributed by atoms with Gasteiger partial charge in [0.05, 0.1) is 6.10 Å². The van der Waals surface area contributed by atoms with Crippen molar-refractivity contribution in [3.63, 3.8) is 0 Å². The maximum absolute atomic E-state index is 5.53. The summed E-state index contributed by atoms with van der Waals surface area (Å²) in [6.07, 6.45) is 9.49. The predicted molar refractivity (Wildman–Crippen MR) is 50.6 cm³/mol. The SMILES string of the molecule is CO[C@H]1CC[C@@]23CC=C[C@@H](C=C12)OO3. The van der Waals surface area contributed by atoms with Crippen LogP contribution in [0, 0.1) is 0 Å². The lowest BCUT2D eigenvalue weighted by molar-refractivity contribution is -0.363. The first kappa shape index (κ1) is 8.65. The molecule has 0 radical (unpaired) electrons. The van der Waals surface area contributed by atoms with Crippen molar-refractivity contribution in [1.29, 1.82) is 0 Å². The van der Waals surface area contributed by atoms with Crippen molar-refractivity contribution in [2.24, 2.45) is 0 Å². The molecule has 4 aliphatic rings. The number of hydrogen-bond donors (Lipinski definition) is 0. The van der Waals surface area contributed by atoms with Gasteiger partial charge >= 0.3 is 0 Å². The predicted octanol–water partition coefficient (Wildman–Crippen LogP) is 1.75. The van der Waals surface area contributed by atoms with Crippen LogP contribution in [-0.4, -0.2) is 24.9 Å². The first-order valence-electron chi connectivity index (χ1n) is 5.10. The molecule has 1 saturated carbocycles. The van der Waals surface area contributed by atoms with Crippen molar-refractivity contribution in [2.45, 2.75) is 37.1 Å². The van der Waals surface area contributed by atoms with Crippen LogP contribution in [0.25, 0.3) is 0 Å². The Bertz CT molecular complexity index is 308. The molecule has 1 fully saturated rings. The summed E-state index contributed by atoms with van der Waals surface area (Å²) >= 11 is 0. The Morgan fingerprint density at radius 2 is 2.50 bits per heavy atom. The molecule has 0 N–H and O–H groups in total. The van der Waals surface area contributed by atoms with E-state index in [0.29, 0.717) is 0 Å². The molecule has 0 amide bonds. The monoisotopic (exact) mass is 194 g/mol. The van der Waals surface area contributed by atoms with E-state index in [1.807, 2.05) is 6.08 Å². The second-order valence-corrected chi connectivity index (χ2v) is 4.16. The zero-order valence-electron chi connectivity index (χ0n) is 8.23. The Kier molecular flexibility index (Phi) is 1.81. The number of ether oxygens (including phenoxy) is 1. The molecule has 0 aromatic carbocycles. The van der Waals surface area contributed by atoms with Crippen molar-refractivity contribution < 1.29 is 14.5 Å². The van der Waals surface area contributed by atoms with Gasteiger partial charge in [0, 0.05) is 13.5 Å². The van der Waals surface area contributed by atoms with Crippen LogP contribution in [0.15, 0.2) is 23.8 Å². The van der Waals surface area contributed by atoms with Crippen molar-refractivity contribution in [3.05, 3.63) is 23.8 Å². The van der Waals surface area contributed by atoms with Crippen molar-refractivity contribution in [2.75, 3.05) is 7.11 Å².